The van der Waals surface area contributed by atoms with E-state index in [0.29, 0.717) is 33.4 Å². The van der Waals surface area contributed by atoms with Gasteiger partial charge in [-0.2, -0.15) is 0 Å². The number of carbonyl (C=O) groups excluding carboxylic acids is 3. The number of methoxy groups -OCH3 is 1. The van der Waals surface area contributed by atoms with E-state index in [0.717, 1.165) is 10.5 Å². The van der Waals surface area contributed by atoms with Crippen LogP contribution in [-0.4, -0.2) is 25.0 Å². The van der Waals surface area contributed by atoms with E-state index < -0.39 is 17.9 Å². The van der Waals surface area contributed by atoms with Gasteiger partial charge in [0.1, 0.15) is 17.2 Å². The van der Waals surface area contributed by atoms with Crippen LogP contribution in [0.4, 0.5) is 10.5 Å². The highest BCUT2D eigenvalue weighted by Gasteiger charge is 2.35. The van der Waals surface area contributed by atoms with Gasteiger partial charge < -0.3 is 14.5 Å². The molecule has 0 saturated carbocycles. The van der Waals surface area contributed by atoms with Gasteiger partial charge in [0.15, 0.2) is 0 Å². The van der Waals surface area contributed by atoms with Gasteiger partial charge in [-0.3, -0.25) is 4.79 Å². The molecule has 3 aromatic rings. The van der Waals surface area contributed by atoms with Crippen molar-refractivity contribution in [1.82, 2.24) is 5.32 Å². The van der Waals surface area contributed by atoms with Gasteiger partial charge in [-0.1, -0.05) is 29.8 Å². The molecule has 1 fully saturated rings. The number of nitrogens with zero attached hydrogens (tertiary/aromatic N) is 1. The number of rotatable bonds is 4. The number of benzene rings is 2. The fourth-order valence-electron chi connectivity index (χ4n) is 3.34. The Morgan fingerprint density at radius 3 is 2.65 bits per heavy atom. The van der Waals surface area contributed by atoms with Crippen molar-refractivity contribution in [2.24, 2.45) is 0 Å². The van der Waals surface area contributed by atoms with Gasteiger partial charge in [-0.25, -0.2) is 14.5 Å². The van der Waals surface area contributed by atoms with Crippen LogP contribution in [0.25, 0.3) is 17.4 Å². The maximum absolute atomic E-state index is 12.8. The van der Waals surface area contributed by atoms with E-state index in [9.17, 15) is 14.4 Å². The summed E-state index contributed by atoms with van der Waals surface area (Å²) >= 11 is 5.97. The second-order valence-corrected chi connectivity index (χ2v) is 7.22. The lowest BCUT2D eigenvalue weighted by Crippen LogP contribution is -2.30. The van der Waals surface area contributed by atoms with Gasteiger partial charge in [0.2, 0.25) is 0 Å². The second kappa shape index (κ2) is 8.12. The van der Waals surface area contributed by atoms with Crippen LogP contribution in [0.3, 0.4) is 0 Å². The van der Waals surface area contributed by atoms with Crippen molar-refractivity contribution in [2.45, 2.75) is 6.92 Å². The van der Waals surface area contributed by atoms with Crippen molar-refractivity contribution < 1.29 is 23.5 Å². The SMILES string of the molecule is COC(=O)c1cccc(-c2ccc(/C=C3/NC(=O)N(c4cccc(Cl)c4)C3=O)o2)c1C. The third kappa shape index (κ3) is 3.83. The standard InChI is InChI=1S/C23H17ClN2O5/c1-13-17(7-4-8-18(13)22(28)30-2)20-10-9-16(31-20)12-19-21(27)26(23(29)25-19)15-6-3-5-14(24)11-15/h3-12H,1-2H3,(H,25,29)/b19-12+. The van der Waals surface area contributed by atoms with E-state index in [1.807, 2.05) is 6.07 Å². The van der Waals surface area contributed by atoms with E-state index in [1.54, 1.807) is 49.4 Å². The van der Waals surface area contributed by atoms with Crippen LogP contribution in [0.5, 0.6) is 0 Å². The van der Waals surface area contributed by atoms with Crippen molar-refractivity contribution in [3.05, 3.63) is 82.2 Å². The first kappa shape index (κ1) is 20.4. The van der Waals surface area contributed by atoms with Crippen LogP contribution in [0.2, 0.25) is 5.02 Å². The first-order chi connectivity index (χ1) is 14.9. The Balaban J connectivity index is 1.63. The summed E-state index contributed by atoms with van der Waals surface area (Å²) in [6.07, 6.45) is 1.45. The second-order valence-electron chi connectivity index (χ2n) is 6.78. The highest BCUT2D eigenvalue weighted by molar-refractivity contribution is 6.32. The number of urea groups is 1. The number of halogens is 1. The molecule has 0 atom stereocenters. The molecule has 4 rings (SSSR count). The van der Waals surface area contributed by atoms with E-state index >= 15 is 0 Å². The Morgan fingerprint density at radius 2 is 1.90 bits per heavy atom. The van der Waals surface area contributed by atoms with Crippen LogP contribution in [0, 0.1) is 6.92 Å². The molecule has 7 nitrogen and oxygen atoms in total. The number of carbonyl (C=O) groups is 3. The number of anilines is 1. The van der Waals surface area contributed by atoms with Crippen molar-refractivity contribution in [2.75, 3.05) is 12.0 Å². The molecular formula is C23H17ClN2O5. The smallest absolute Gasteiger partial charge is 0.338 e. The summed E-state index contributed by atoms with van der Waals surface area (Å²) in [5, 5.41) is 2.96. The zero-order chi connectivity index (χ0) is 22.1. The van der Waals surface area contributed by atoms with Crippen LogP contribution >= 0.6 is 11.6 Å². The number of esters is 1. The molecule has 1 aliphatic heterocycles. The molecule has 8 heteroatoms. The van der Waals surface area contributed by atoms with Crippen molar-refractivity contribution in [3.63, 3.8) is 0 Å². The molecule has 3 amide bonds. The Hall–Kier alpha value is -3.84. The fraction of sp³-hybridized carbons (Fsp3) is 0.0870. The molecule has 2 aromatic carbocycles. The number of hydrogen-bond donors (Lipinski definition) is 1. The minimum Gasteiger partial charge on any atom is -0.465 e. The maximum Gasteiger partial charge on any atom is 0.338 e. The largest absolute Gasteiger partial charge is 0.465 e. The first-order valence-corrected chi connectivity index (χ1v) is 9.67. The van der Waals surface area contributed by atoms with Crippen LogP contribution < -0.4 is 10.2 Å². The third-order valence-corrected chi connectivity index (χ3v) is 5.10. The summed E-state index contributed by atoms with van der Waals surface area (Å²) in [6, 6.07) is 14.5. The highest BCUT2D eigenvalue weighted by Crippen LogP contribution is 2.30. The molecule has 0 spiro atoms. The third-order valence-electron chi connectivity index (χ3n) is 4.86. The minimum absolute atomic E-state index is 0.0749. The lowest BCUT2D eigenvalue weighted by atomic mass is 10.0. The van der Waals surface area contributed by atoms with Gasteiger partial charge in [-0.15, -0.1) is 0 Å². The van der Waals surface area contributed by atoms with Crippen LogP contribution in [-0.2, 0) is 9.53 Å². The molecule has 2 heterocycles. The van der Waals surface area contributed by atoms with Gasteiger partial charge in [0.25, 0.3) is 5.91 Å². The molecule has 0 bridgehead atoms. The van der Waals surface area contributed by atoms with E-state index in [-0.39, 0.29) is 5.70 Å². The van der Waals surface area contributed by atoms with Crippen LogP contribution in [0.1, 0.15) is 21.7 Å². The molecule has 0 aliphatic carbocycles. The molecule has 156 valence electrons. The minimum atomic E-state index is -0.577. The van der Waals surface area contributed by atoms with Crippen LogP contribution in [0.15, 0.2) is 64.7 Å². The lowest BCUT2D eigenvalue weighted by Gasteiger charge is -2.11. The zero-order valence-corrected chi connectivity index (χ0v) is 17.4. The van der Waals surface area contributed by atoms with Gasteiger partial charge >= 0.3 is 12.0 Å². The molecule has 1 aliphatic rings. The summed E-state index contributed by atoms with van der Waals surface area (Å²) < 4.78 is 10.7. The summed E-state index contributed by atoms with van der Waals surface area (Å²) in [5.41, 5.74) is 2.31. The van der Waals surface area contributed by atoms with Crippen molar-refractivity contribution in [1.29, 1.82) is 0 Å². The predicted molar refractivity (Wildman–Crippen MR) is 116 cm³/mol. The quantitative estimate of drug-likeness (QED) is 0.361. The number of ether oxygens (including phenoxy) is 1. The van der Waals surface area contributed by atoms with E-state index in [4.69, 9.17) is 20.8 Å². The van der Waals surface area contributed by atoms with Gasteiger partial charge in [0.05, 0.1) is 18.4 Å². The molecule has 0 radical (unpaired) electrons. The average molecular weight is 437 g/mol. The predicted octanol–water partition coefficient (Wildman–Crippen LogP) is 4.79. The molecular weight excluding hydrogens is 420 g/mol. The summed E-state index contributed by atoms with van der Waals surface area (Å²) in [4.78, 5) is 38.0. The average Bonchev–Trinajstić information content (AvgIpc) is 3.32. The molecule has 0 unspecified atom stereocenters. The van der Waals surface area contributed by atoms with Gasteiger partial charge in [0, 0.05) is 16.7 Å². The zero-order valence-electron chi connectivity index (χ0n) is 16.6. The number of furan rings is 1. The van der Waals surface area contributed by atoms with E-state index in [2.05, 4.69) is 5.32 Å². The fourth-order valence-corrected chi connectivity index (χ4v) is 3.52. The Kier molecular flexibility index (Phi) is 5.35. The van der Waals surface area contributed by atoms with Crippen molar-refractivity contribution in [3.8, 4) is 11.3 Å². The number of imide groups is 1. The Morgan fingerprint density at radius 1 is 1.13 bits per heavy atom. The molecule has 1 saturated heterocycles. The molecule has 1 N–H and O–H groups in total. The number of amides is 3. The topological polar surface area (TPSA) is 88.9 Å². The molecule has 1 aromatic heterocycles. The van der Waals surface area contributed by atoms with E-state index in [1.165, 1.54) is 19.3 Å². The summed E-state index contributed by atoms with van der Waals surface area (Å²) in [7, 11) is 1.32. The number of nitrogens with one attached hydrogen (secondary N) is 1. The monoisotopic (exact) mass is 436 g/mol. The summed E-state index contributed by atoms with van der Waals surface area (Å²) in [5.74, 6) is -0.0734. The Bertz CT molecular complexity index is 1240. The normalized spacial score (nSPS) is 14.8. The maximum atomic E-state index is 12.8. The molecule has 31 heavy (non-hydrogen) atoms. The Labute approximate surface area is 182 Å². The summed E-state index contributed by atoms with van der Waals surface area (Å²) in [6.45, 7) is 1.80. The number of hydrogen-bond acceptors (Lipinski definition) is 5. The van der Waals surface area contributed by atoms with Gasteiger partial charge in [-0.05, 0) is 48.9 Å². The highest BCUT2D eigenvalue weighted by atomic mass is 35.5. The van der Waals surface area contributed by atoms with Crippen molar-refractivity contribution >= 4 is 41.3 Å². The lowest BCUT2D eigenvalue weighted by molar-refractivity contribution is -0.113. The first-order valence-electron chi connectivity index (χ1n) is 9.30.